The number of amides is 1. The van der Waals surface area contributed by atoms with Crippen molar-refractivity contribution in [1.29, 1.82) is 0 Å². The van der Waals surface area contributed by atoms with Crippen LogP contribution in [0.25, 0.3) is 0 Å². The molecule has 0 aliphatic carbocycles. The van der Waals surface area contributed by atoms with Crippen LogP contribution < -0.4 is 0 Å². The lowest BCUT2D eigenvalue weighted by Crippen LogP contribution is -2.48. The van der Waals surface area contributed by atoms with Crippen molar-refractivity contribution < 1.29 is 19.4 Å². The molecule has 1 amide bonds. The van der Waals surface area contributed by atoms with Crippen LogP contribution in [0.2, 0.25) is 0 Å². The van der Waals surface area contributed by atoms with E-state index in [9.17, 15) is 9.90 Å². The second kappa shape index (κ2) is 5.69. The van der Waals surface area contributed by atoms with Gasteiger partial charge in [-0.05, 0) is 27.7 Å². The molecule has 1 aliphatic rings. The third kappa shape index (κ3) is 5.37. The Labute approximate surface area is 103 Å². The Morgan fingerprint density at radius 3 is 2.76 bits per heavy atom. The van der Waals surface area contributed by atoms with E-state index in [1.165, 1.54) is 0 Å². The molecule has 100 valence electrons. The molecule has 1 fully saturated rings. The van der Waals surface area contributed by atoms with Gasteiger partial charge in [0.05, 0.1) is 25.4 Å². The molecule has 0 saturated carbocycles. The van der Waals surface area contributed by atoms with Gasteiger partial charge >= 0.3 is 6.09 Å². The number of morpholine rings is 1. The molecule has 5 nitrogen and oxygen atoms in total. The number of aliphatic hydroxyl groups excluding tert-OH is 1. The van der Waals surface area contributed by atoms with Gasteiger partial charge in [0.15, 0.2) is 0 Å². The van der Waals surface area contributed by atoms with Crippen molar-refractivity contribution in [1.82, 2.24) is 4.90 Å². The van der Waals surface area contributed by atoms with E-state index in [1.807, 2.05) is 20.8 Å². The summed E-state index contributed by atoms with van der Waals surface area (Å²) < 4.78 is 10.8. The Balaban J connectivity index is 2.46. The lowest BCUT2D eigenvalue weighted by molar-refractivity contribution is -0.0555. The minimum absolute atomic E-state index is 0.101. The van der Waals surface area contributed by atoms with E-state index in [-0.39, 0.29) is 12.2 Å². The summed E-state index contributed by atoms with van der Waals surface area (Å²) in [7, 11) is 0. The first-order valence-electron chi connectivity index (χ1n) is 6.05. The first-order chi connectivity index (χ1) is 7.78. The predicted octanol–water partition coefficient (Wildman–Crippen LogP) is 1.39. The Morgan fingerprint density at radius 2 is 2.24 bits per heavy atom. The van der Waals surface area contributed by atoms with Crippen LogP contribution in [-0.4, -0.2) is 53.6 Å². The highest BCUT2D eigenvalue weighted by molar-refractivity contribution is 5.68. The number of hydrogen-bond acceptors (Lipinski definition) is 4. The van der Waals surface area contributed by atoms with Crippen molar-refractivity contribution in [3.05, 3.63) is 0 Å². The van der Waals surface area contributed by atoms with E-state index in [2.05, 4.69) is 0 Å². The molecule has 0 bridgehead atoms. The van der Waals surface area contributed by atoms with Gasteiger partial charge in [-0.25, -0.2) is 4.79 Å². The molecule has 0 radical (unpaired) electrons. The maximum Gasteiger partial charge on any atom is 0.410 e. The lowest BCUT2D eigenvalue weighted by atomic mass is 10.1. The zero-order valence-corrected chi connectivity index (χ0v) is 11.1. The fraction of sp³-hybridized carbons (Fsp3) is 0.917. The van der Waals surface area contributed by atoms with Gasteiger partial charge in [0.25, 0.3) is 0 Å². The van der Waals surface area contributed by atoms with E-state index in [1.54, 1.807) is 11.8 Å². The number of nitrogens with zero attached hydrogens (tertiary/aromatic N) is 1. The molecule has 2 atom stereocenters. The van der Waals surface area contributed by atoms with Crippen molar-refractivity contribution in [2.75, 3.05) is 19.7 Å². The van der Waals surface area contributed by atoms with Gasteiger partial charge in [0.2, 0.25) is 0 Å². The molecule has 1 heterocycles. The minimum atomic E-state index is -0.477. The van der Waals surface area contributed by atoms with Crippen molar-refractivity contribution in [3.63, 3.8) is 0 Å². The fourth-order valence-corrected chi connectivity index (χ4v) is 1.73. The van der Waals surface area contributed by atoms with Gasteiger partial charge < -0.3 is 19.5 Å². The van der Waals surface area contributed by atoms with Crippen LogP contribution in [0.1, 0.15) is 34.1 Å². The number of rotatable bonds is 2. The molecule has 0 spiro atoms. The Hall–Kier alpha value is -0.810. The molecular formula is C12H23NO4. The van der Waals surface area contributed by atoms with Gasteiger partial charge in [-0.3, -0.25) is 0 Å². The number of aliphatic hydroxyl groups is 1. The molecule has 1 N–H and O–H groups in total. The smallest absolute Gasteiger partial charge is 0.410 e. The number of carbonyl (C=O) groups excluding carboxylic acids is 1. The van der Waals surface area contributed by atoms with Crippen molar-refractivity contribution in [2.45, 2.75) is 51.9 Å². The van der Waals surface area contributed by atoms with Crippen LogP contribution in [-0.2, 0) is 9.47 Å². The summed E-state index contributed by atoms with van der Waals surface area (Å²) in [6.45, 7) is 8.79. The zero-order chi connectivity index (χ0) is 13.1. The molecule has 1 aliphatic heterocycles. The first-order valence-corrected chi connectivity index (χ1v) is 6.05. The van der Waals surface area contributed by atoms with Gasteiger partial charge in [0.1, 0.15) is 5.60 Å². The van der Waals surface area contributed by atoms with Crippen LogP contribution in [0.15, 0.2) is 0 Å². The van der Waals surface area contributed by atoms with Gasteiger partial charge in [-0.2, -0.15) is 0 Å². The Morgan fingerprint density at radius 1 is 1.59 bits per heavy atom. The van der Waals surface area contributed by atoms with E-state index >= 15 is 0 Å². The third-order valence-corrected chi connectivity index (χ3v) is 2.39. The molecular weight excluding hydrogens is 222 g/mol. The number of hydrogen-bond donors (Lipinski definition) is 1. The molecule has 1 saturated heterocycles. The SMILES string of the molecule is C[C@@H](O)CC1CN(C(=O)OC(C)(C)C)CCO1. The summed E-state index contributed by atoms with van der Waals surface area (Å²) >= 11 is 0. The second-order valence-electron chi connectivity index (χ2n) is 5.50. The Bertz CT molecular complexity index is 260. The van der Waals surface area contributed by atoms with Crippen LogP contribution in [0, 0.1) is 0 Å². The number of carbonyl (C=O) groups is 1. The van der Waals surface area contributed by atoms with Crippen LogP contribution in [0.4, 0.5) is 4.79 Å². The van der Waals surface area contributed by atoms with E-state index in [4.69, 9.17) is 9.47 Å². The second-order valence-corrected chi connectivity index (χ2v) is 5.50. The van der Waals surface area contributed by atoms with Gasteiger partial charge in [0, 0.05) is 13.0 Å². The van der Waals surface area contributed by atoms with Crippen molar-refractivity contribution in [2.24, 2.45) is 0 Å². The van der Waals surface area contributed by atoms with Gasteiger partial charge in [-0.15, -0.1) is 0 Å². The average molecular weight is 245 g/mol. The monoisotopic (exact) mass is 245 g/mol. The minimum Gasteiger partial charge on any atom is -0.444 e. The van der Waals surface area contributed by atoms with Crippen molar-refractivity contribution >= 4 is 6.09 Å². The predicted molar refractivity (Wildman–Crippen MR) is 63.8 cm³/mol. The largest absolute Gasteiger partial charge is 0.444 e. The van der Waals surface area contributed by atoms with Crippen LogP contribution in [0.5, 0.6) is 0 Å². The van der Waals surface area contributed by atoms with E-state index in [0.29, 0.717) is 26.1 Å². The summed E-state index contributed by atoms with van der Waals surface area (Å²) in [4.78, 5) is 13.5. The average Bonchev–Trinajstić information content (AvgIpc) is 2.14. The highest BCUT2D eigenvalue weighted by atomic mass is 16.6. The quantitative estimate of drug-likeness (QED) is 0.798. The zero-order valence-electron chi connectivity index (χ0n) is 11.1. The fourth-order valence-electron chi connectivity index (χ4n) is 1.73. The molecule has 0 aromatic rings. The van der Waals surface area contributed by atoms with E-state index in [0.717, 1.165) is 0 Å². The van der Waals surface area contributed by atoms with Gasteiger partial charge in [-0.1, -0.05) is 0 Å². The topological polar surface area (TPSA) is 59.0 Å². The third-order valence-electron chi connectivity index (χ3n) is 2.39. The number of ether oxygens (including phenoxy) is 2. The molecule has 1 rings (SSSR count). The Kier molecular flexibility index (Phi) is 4.77. The summed E-state index contributed by atoms with van der Waals surface area (Å²) in [6.07, 6.45) is -0.287. The molecule has 5 heteroatoms. The molecule has 17 heavy (non-hydrogen) atoms. The lowest BCUT2D eigenvalue weighted by Gasteiger charge is -2.34. The maximum atomic E-state index is 11.8. The first kappa shape index (κ1) is 14.3. The highest BCUT2D eigenvalue weighted by Gasteiger charge is 2.28. The summed E-state index contributed by atoms with van der Waals surface area (Å²) in [5.41, 5.74) is -0.477. The molecule has 0 aromatic heterocycles. The van der Waals surface area contributed by atoms with Crippen LogP contribution in [0.3, 0.4) is 0 Å². The molecule has 0 aromatic carbocycles. The summed E-state index contributed by atoms with van der Waals surface area (Å²) in [5, 5.41) is 9.30. The van der Waals surface area contributed by atoms with Crippen LogP contribution >= 0.6 is 0 Å². The maximum absolute atomic E-state index is 11.8. The molecule has 1 unspecified atom stereocenters. The highest BCUT2D eigenvalue weighted by Crippen LogP contribution is 2.15. The normalized spacial score (nSPS) is 23.4. The summed E-state index contributed by atoms with van der Waals surface area (Å²) in [5.74, 6) is 0. The summed E-state index contributed by atoms with van der Waals surface area (Å²) in [6, 6.07) is 0. The van der Waals surface area contributed by atoms with Crippen molar-refractivity contribution in [3.8, 4) is 0 Å². The standard InChI is InChI=1S/C12H23NO4/c1-9(14)7-10-8-13(5-6-16-10)11(15)17-12(2,3)4/h9-10,14H,5-8H2,1-4H3/t9-,10?/m1/s1. The van der Waals surface area contributed by atoms with E-state index < -0.39 is 11.7 Å².